The van der Waals surface area contributed by atoms with Crippen molar-refractivity contribution in [2.45, 2.75) is 284 Å². The lowest BCUT2D eigenvalue weighted by Gasteiger charge is -2.18. The number of carbonyl (C=O) groups is 3. The minimum atomic E-state index is -0.806. The van der Waals surface area contributed by atoms with Gasteiger partial charge >= 0.3 is 17.9 Å². The van der Waals surface area contributed by atoms with Gasteiger partial charge in [0.1, 0.15) is 13.2 Å². The minimum Gasteiger partial charge on any atom is -0.462 e. The Morgan fingerprint density at radius 3 is 0.753 bits per heavy atom. The summed E-state index contributed by atoms with van der Waals surface area (Å²) in [5, 5.41) is 0. The maximum atomic E-state index is 12.9. The van der Waals surface area contributed by atoms with Crippen LogP contribution in [-0.2, 0) is 28.6 Å². The lowest BCUT2D eigenvalue weighted by molar-refractivity contribution is -0.167. The van der Waals surface area contributed by atoms with E-state index in [0.717, 1.165) is 135 Å². The minimum absolute atomic E-state index is 0.0983. The third kappa shape index (κ3) is 62.3. The van der Waals surface area contributed by atoms with Gasteiger partial charge in [-0.2, -0.15) is 0 Å². The number of ether oxygens (including phenoxy) is 3. The molecule has 0 aromatic rings. The molecule has 0 saturated carbocycles. The quantitative estimate of drug-likeness (QED) is 0.0261. The molecule has 0 aliphatic carbocycles. The van der Waals surface area contributed by atoms with Crippen molar-refractivity contribution in [1.29, 1.82) is 0 Å². The maximum Gasteiger partial charge on any atom is 0.306 e. The molecule has 0 rings (SSSR count). The molecule has 0 amide bonds. The molecule has 0 aromatic carbocycles. The predicted molar refractivity (Wildman–Crippen MR) is 334 cm³/mol. The average molecular weight is 1070 g/mol. The summed E-state index contributed by atoms with van der Waals surface area (Å²) >= 11 is 0. The molecule has 0 radical (unpaired) electrons. The van der Waals surface area contributed by atoms with Crippen LogP contribution in [0.1, 0.15) is 278 Å². The van der Waals surface area contributed by atoms with E-state index in [1.54, 1.807) is 0 Å². The van der Waals surface area contributed by atoms with Crippen LogP contribution in [0.15, 0.2) is 134 Å². The van der Waals surface area contributed by atoms with Crippen LogP contribution in [0.25, 0.3) is 0 Å². The smallest absolute Gasteiger partial charge is 0.306 e. The number of hydrogen-bond donors (Lipinski definition) is 0. The topological polar surface area (TPSA) is 78.9 Å². The molecule has 0 bridgehead atoms. The Hall–Kier alpha value is -4.45. The van der Waals surface area contributed by atoms with Gasteiger partial charge in [-0.25, -0.2) is 0 Å². The Bertz CT molecular complexity index is 1650. The molecule has 0 aliphatic heterocycles. The summed E-state index contributed by atoms with van der Waals surface area (Å²) < 4.78 is 16.9. The van der Waals surface area contributed by atoms with Gasteiger partial charge in [0.25, 0.3) is 0 Å². The Morgan fingerprint density at radius 1 is 0.260 bits per heavy atom. The summed E-state index contributed by atoms with van der Waals surface area (Å²) in [4.78, 5) is 38.3. The highest BCUT2D eigenvalue weighted by Gasteiger charge is 2.19. The number of allylic oxidation sites excluding steroid dienone is 22. The van der Waals surface area contributed by atoms with Gasteiger partial charge in [0.2, 0.25) is 0 Å². The Balaban J connectivity index is 4.35. The van der Waals surface area contributed by atoms with Gasteiger partial charge in [-0.1, -0.05) is 264 Å². The molecule has 0 heterocycles. The highest BCUT2D eigenvalue weighted by molar-refractivity contribution is 5.71. The van der Waals surface area contributed by atoms with Crippen LogP contribution in [0.4, 0.5) is 0 Å². The third-order valence-electron chi connectivity index (χ3n) is 13.1. The van der Waals surface area contributed by atoms with E-state index in [1.165, 1.54) is 103 Å². The van der Waals surface area contributed by atoms with E-state index in [2.05, 4.69) is 154 Å². The fourth-order valence-electron chi connectivity index (χ4n) is 8.50. The summed E-state index contributed by atoms with van der Waals surface area (Å²) in [7, 11) is 0. The van der Waals surface area contributed by atoms with Crippen molar-refractivity contribution in [3.8, 4) is 0 Å². The molecule has 77 heavy (non-hydrogen) atoms. The van der Waals surface area contributed by atoms with Crippen LogP contribution >= 0.6 is 0 Å². The Kier molecular flexibility index (Phi) is 60.4. The zero-order valence-electron chi connectivity index (χ0n) is 49.9. The molecule has 1 atom stereocenters. The summed E-state index contributed by atoms with van der Waals surface area (Å²) in [6, 6.07) is 0. The van der Waals surface area contributed by atoms with E-state index in [9.17, 15) is 14.4 Å². The largest absolute Gasteiger partial charge is 0.462 e. The standard InChI is InChI=1S/C71H116O6/c1-4-7-10-13-16-19-22-25-28-30-31-32-33-34-35-36-37-38-39-41-43-46-49-52-55-58-61-64-70(73)76-67-68(66-75-69(72)63-60-57-54-51-48-45-42-27-24-21-18-15-12-9-6-3)77-71(74)65-62-59-56-53-50-47-44-40-29-26-23-20-17-14-11-8-5-2/h7-12,16-21,25-29,31-32,42,48,51,68H,4-6,13-15,22-24,30,33-41,43-47,49-50,52-67H2,1-3H3/b10-7-,11-8-,12-9-,19-16-,20-17-,21-18-,28-25-,29-26-,32-31-,42-27-,51-48-. The second-order valence-corrected chi connectivity index (χ2v) is 20.5. The SMILES string of the molecule is CC/C=C\C/C=C\C/C=C\C/C=C\CCCCCCCCCCCCCCCCC(=O)OCC(COC(=O)CCCC/C=C\C/C=C\C/C=C\C/C=C\CC)OC(=O)CCCCCCCCC/C=C\C/C=C\C/C=C\CC. The molecule has 0 aliphatic rings. The second-order valence-electron chi connectivity index (χ2n) is 20.5. The van der Waals surface area contributed by atoms with E-state index in [4.69, 9.17) is 14.2 Å². The molecule has 0 N–H and O–H groups in total. The van der Waals surface area contributed by atoms with Crippen LogP contribution in [0.5, 0.6) is 0 Å². The average Bonchev–Trinajstić information content (AvgIpc) is 3.43. The lowest BCUT2D eigenvalue weighted by atomic mass is 10.0. The zero-order chi connectivity index (χ0) is 55.7. The van der Waals surface area contributed by atoms with Gasteiger partial charge in [-0.05, 0) is 128 Å². The van der Waals surface area contributed by atoms with Crippen LogP contribution in [0, 0.1) is 0 Å². The first-order chi connectivity index (χ1) is 38.0. The number of unbranched alkanes of at least 4 members (excludes halogenated alkanes) is 23. The van der Waals surface area contributed by atoms with Crippen LogP contribution < -0.4 is 0 Å². The van der Waals surface area contributed by atoms with Crippen molar-refractivity contribution in [3.63, 3.8) is 0 Å². The van der Waals surface area contributed by atoms with Gasteiger partial charge in [0, 0.05) is 19.3 Å². The molecule has 0 fully saturated rings. The van der Waals surface area contributed by atoms with Crippen molar-refractivity contribution in [1.82, 2.24) is 0 Å². The van der Waals surface area contributed by atoms with Gasteiger partial charge in [-0.3, -0.25) is 14.4 Å². The van der Waals surface area contributed by atoms with E-state index >= 15 is 0 Å². The van der Waals surface area contributed by atoms with Gasteiger partial charge in [-0.15, -0.1) is 0 Å². The normalized spacial score (nSPS) is 13.0. The summed E-state index contributed by atoms with van der Waals surface area (Å²) in [5.41, 5.74) is 0. The molecule has 6 heteroatoms. The predicted octanol–water partition coefficient (Wildman–Crippen LogP) is 21.8. The molecule has 1 unspecified atom stereocenters. The van der Waals surface area contributed by atoms with E-state index in [0.29, 0.717) is 19.3 Å². The number of esters is 3. The first-order valence-corrected chi connectivity index (χ1v) is 31.7. The lowest BCUT2D eigenvalue weighted by Crippen LogP contribution is -2.30. The second kappa shape index (κ2) is 64.1. The van der Waals surface area contributed by atoms with Gasteiger partial charge < -0.3 is 14.2 Å². The molecule has 436 valence electrons. The van der Waals surface area contributed by atoms with Crippen LogP contribution in [0.3, 0.4) is 0 Å². The van der Waals surface area contributed by atoms with E-state index in [1.807, 2.05) is 0 Å². The van der Waals surface area contributed by atoms with Crippen molar-refractivity contribution in [2.75, 3.05) is 13.2 Å². The van der Waals surface area contributed by atoms with E-state index in [-0.39, 0.29) is 31.1 Å². The van der Waals surface area contributed by atoms with Gasteiger partial charge in [0.15, 0.2) is 6.10 Å². The first-order valence-electron chi connectivity index (χ1n) is 31.7. The fourth-order valence-corrected chi connectivity index (χ4v) is 8.50. The summed E-state index contributed by atoms with van der Waals surface area (Å²) in [6.45, 7) is 6.27. The Morgan fingerprint density at radius 2 is 0.468 bits per heavy atom. The highest BCUT2D eigenvalue weighted by Crippen LogP contribution is 2.16. The first kappa shape index (κ1) is 72.5. The zero-order valence-corrected chi connectivity index (χ0v) is 49.9. The van der Waals surface area contributed by atoms with Crippen molar-refractivity contribution in [2.24, 2.45) is 0 Å². The van der Waals surface area contributed by atoms with Crippen molar-refractivity contribution < 1.29 is 28.6 Å². The highest BCUT2D eigenvalue weighted by atomic mass is 16.6. The van der Waals surface area contributed by atoms with Crippen molar-refractivity contribution >= 4 is 17.9 Å². The molecule has 0 spiro atoms. The monoisotopic (exact) mass is 1060 g/mol. The van der Waals surface area contributed by atoms with Crippen molar-refractivity contribution in [3.05, 3.63) is 134 Å². The fraction of sp³-hybridized carbons (Fsp3) is 0.648. The molecule has 6 nitrogen and oxygen atoms in total. The molecular weight excluding hydrogens is 949 g/mol. The van der Waals surface area contributed by atoms with Gasteiger partial charge in [0.05, 0.1) is 0 Å². The Labute approximate surface area is 475 Å². The molecule has 0 saturated heterocycles. The molecular formula is C71H116O6. The number of carbonyl (C=O) groups excluding carboxylic acids is 3. The summed E-state index contributed by atoms with van der Waals surface area (Å²) in [5.74, 6) is -0.950. The van der Waals surface area contributed by atoms with E-state index < -0.39 is 6.10 Å². The van der Waals surface area contributed by atoms with Crippen LogP contribution in [0.2, 0.25) is 0 Å². The summed E-state index contributed by atoms with van der Waals surface area (Å²) in [6.07, 6.45) is 90.3. The molecule has 0 aromatic heterocycles. The number of rotatable bonds is 56. The maximum absolute atomic E-state index is 12.9. The number of hydrogen-bond acceptors (Lipinski definition) is 6. The third-order valence-corrected chi connectivity index (χ3v) is 13.1. The van der Waals surface area contributed by atoms with Crippen LogP contribution in [-0.4, -0.2) is 37.2 Å².